The molecule has 0 saturated heterocycles. The normalized spacial score (nSPS) is 10.2. The van der Waals surface area contributed by atoms with Gasteiger partial charge in [-0.3, -0.25) is 4.79 Å². The van der Waals surface area contributed by atoms with Crippen LogP contribution in [0.4, 0.5) is 5.69 Å². The third kappa shape index (κ3) is 3.74. The predicted molar refractivity (Wildman–Crippen MR) is 94.6 cm³/mol. The topological polar surface area (TPSA) is 56.8 Å². The quantitative estimate of drug-likeness (QED) is 0.860. The number of nitrogens with one attached hydrogen (secondary N) is 1. The van der Waals surface area contributed by atoms with Crippen LogP contribution < -0.4 is 19.5 Å². The number of hydrogen-bond donors (Lipinski definition) is 1. The first-order valence-corrected chi connectivity index (χ1v) is 7.72. The van der Waals surface area contributed by atoms with Crippen LogP contribution in [0.3, 0.4) is 0 Å². The molecule has 0 bridgehead atoms. The summed E-state index contributed by atoms with van der Waals surface area (Å²) in [6, 6.07) is 8.91. The summed E-state index contributed by atoms with van der Waals surface area (Å²) < 4.78 is 16.0. The van der Waals surface area contributed by atoms with Gasteiger partial charge in [0.2, 0.25) is 11.7 Å². The highest BCUT2D eigenvalue weighted by Crippen LogP contribution is 2.40. The smallest absolute Gasteiger partial charge is 0.228 e. The van der Waals surface area contributed by atoms with Gasteiger partial charge in [-0.2, -0.15) is 0 Å². The molecule has 0 atom stereocenters. The van der Waals surface area contributed by atoms with Crippen molar-refractivity contribution < 1.29 is 19.0 Å². The van der Waals surface area contributed by atoms with Crippen LogP contribution in [0.15, 0.2) is 30.3 Å². The maximum Gasteiger partial charge on any atom is 0.228 e. The number of hydrogen-bond acceptors (Lipinski definition) is 4. The Hall–Kier alpha value is -2.40. The van der Waals surface area contributed by atoms with Gasteiger partial charge < -0.3 is 19.5 Å². The Morgan fingerprint density at radius 3 is 2.38 bits per heavy atom. The first kappa shape index (κ1) is 17.9. The number of ether oxygens (including phenoxy) is 3. The van der Waals surface area contributed by atoms with Gasteiger partial charge in [-0.1, -0.05) is 23.7 Å². The minimum atomic E-state index is -0.175. The maximum atomic E-state index is 12.4. The number of carbonyl (C=O) groups excluding carboxylic acids is 1. The number of amides is 1. The molecule has 2 rings (SSSR count). The Labute approximate surface area is 146 Å². The van der Waals surface area contributed by atoms with E-state index in [9.17, 15) is 4.79 Å². The zero-order chi connectivity index (χ0) is 17.7. The minimum absolute atomic E-state index is 0.134. The molecule has 2 aromatic carbocycles. The molecule has 0 unspecified atom stereocenters. The second-order valence-corrected chi connectivity index (χ2v) is 5.54. The fourth-order valence-corrected chi connectivity index (χ4v) is 2.59. The molecule has 0 aliphatic carbocycles. The van der Waals surface area contributed by atoms with Crippen molar-refractivity contribution in [3.8, 4) is 17.2 Å². The van der Waals surface area contributed by atoms with Gasteiger partial charge in [0.15, 0.2) is 11.5 Å². The molecule has 1 amide bonds. The van der Waals surface area contributed by atoms with Crippen LogP contribution in [0.25, 0.3) is 0 Å². The molecule has 0 aliphatic heterocycles. The number of halogens is 1. The number of rotatable bonds is 6. The molecule has 0 aliphatic rings. The summed E-state index contributed by atoms with van der Waals surface area (Å²) in [4.78, 5) is 12.4. The van der Waals surface area contributed by atoms with E-state index in [0.29, 0.717) is 33.5 Å². The Balaban J connectivity index is 2.24. The molecule has 0 radical (unpaired) electrons. The first-order chi connectivity index (χ1) is 11.5. The van der Waals surface area contributed by atoms with Crippen molar-refractivity contribution in [3.63, 3.8) is 0 Å². The Morgan fingerprint density at radius 2 is 1.75 bits per heavy atom. The lowest BCUT2D eigenvalue weighted by Crippen LogP contribution is -2.16. The molecule has 0 heterocycles. The second-order valence-electron chi connectivity index (χ2n) is 5.13. The van der Waals surface area contributed by atoms with Crippen LogP contribution in [0.2, 0.25) is 5.02 Å². The van der Waals surface area contributed by atoms with Crippen LogP contribution in [0, 0.1) is 6.92 Å². The summed E-state index contributed by atoms with van der Waals surface area (Å²) in [6.07, 6.45) is 0.134. The molecule has 6 heteroatoms. The first-order valence-electron chi connectivity index (χ1n) is 7.34. The van der Waals surface area contributed by atoms with Gasteiger partial charge in [-0.25, -0.2) is 0 Å². The molecule has 1 N–H and O–H groups in total. The molecular formula is C18H20ClNO4. The Kier molecular flexibility index (Phi) is 5.93. The number of benzene rings is 2. The maximum absolute atomic E-state index is 12.4. The predicted octanol–water partition coefficient (Wildman–Crippen LogP) is 3.86. The standard InChI is InChI=1S/C18H20ClNO4/c1-11-13(19)6-5-7-14(11)20-16(21)10-12-8-9-15(22-2)18(24-4)17(12)23-3/h5-9H,10H2,1-4H3,(H,20,21). The second kappa shape index (κ2) is 7.93. The van der Waals surface area contributed by atoms with E-state index >= 15 is 0 Å². The van der Waals surface area contributed by atoms with Crippen LogP contribution >= 0.6 is 11.6 Å². The van der Waals surface area contributed by atoms with Gasteiger partial charge in [0.25, 0.3) is 0 Å². The molecule has 24 heavy (non-hydrogen) atoms. The van der Waals surface area contributed by atoms with E-state index in [0.717, 1.165) is 5.56 Å². The van der Waals surface area contributed by atoms with Crippen LogP contribution in [0.1, 0.15) is 11.1 Å². The fourth-order valence-electron chi connectivity index (χ4n) is 2.41. The zero-order valence-electron chi connectivity index (χ0n) is 14.1. The van der Waals surface area contributed by atoms with Crippen molar-refractivity contribution in [2.45, 2.75) is 13.3 Å². The summed E-state index contributed by atoms with van der Waals surface area (Å²) in [6.45, 7) is 1.86. The Bertz CT molecular complexity index is 746. The van der Waals surface area contributed by atoms with Crippen molar-refractivity contribution in [3.05, 3.63) is 46.5 Å². The average Bonchev–Trinajstić information content (AvgIpc) is 2.58. The molecule has 2 aromatic rings. The van der Waals surface area contributed by atoms with Gasteiger partial charge in [0.05, 0.1) is 27.8 Å². The van der Waals surface area contributed by atoms with Crippen LogP contribution in [-0.2, 0) is 11.2 Å². The number of methoxy groups -OCH3 is 3. The molecule has 0 aromatic heterocycles. The number of anilines is 1. The summed E-state index contributed by atoms with van der Waals surface area (Å²) >= 11 is 6.08. The summed E-state index contributed by atoms with van der Waals surface area (Å²) in [5.41, 5.74) is 2.21. The van der Waals surface area contributed by atoms with E-state index in [4.69, 9.17) is 25.8 Å². The molecular weight excluding hydrogens is 330 g/mol. The lowest BCUT2D eigenvalue weighted by molar-refractivity contribution is -0.115. The molecule has 0 fully saturated rings. The fraction of sp³-hybridized carbons (Fsp3) is 0.278. The van der Waals surface area contributed by atoms with Crippen molar-refractivity contribution in [1.29, 1.82) is 0 Å². The lowest BCUT2D eigenvalue weighted by Gasteiger charge is -2.16. The SMILES string of the molecule is COc1ccc(CC(=O)Nc2cccc(Cl)c2C)c(OC)c1OC. The minimum Gasteiger partial charge on any atom is -0.493 e. The van der Waals surface area contributed by atoms with Gasteiger partial charge in [0.1, 0.15) is 0 Å². The average molecular weight is 350 g/mol. The Morgan fingerprint density at radius 1 is 1.04 bits per heavy atom. The molecule has 128 valence electrons. The van der Waals surface area contributed by atoms with Gasteiger partial charge in [0, 0.05) is 16.3 Å². The number of carbonyl (C=O) groups is 1. The molecule has 5 nitrogen and oxygen atoms in total. The highest BCUT2D eigenvalue weighted by atomic mass is 35.5. The van der Waals surface area contributed by atoms with Crippen LogP contribution in [0.5, 0.6) is 17.2 Å². The summed E-state index contributed by atoms with van der Waals surface area (Å²) in [7, 11) is 4.60. The largest absolute Gasteiger partial charge is 0.493 e. The van der Waals surface area contributed by atoms with Crippen LogP contribution in [-0.4, -0.2) is 27.2 Å². The van der Waals surface area contributed by atoms with Gasteiger partial charge in [-0.15, -0.1) is 0 Å². The molecule has 0 saturated carbocycles. The lowest BCUT2D eigenvalue weighted by atomic mass is 10.1. The third-order valence-electron chi connectivity index (χ3n) is 3.68. The van der Waals surface area contributed by atoms with E-state index in [2.05, 4.69) is 5.32 Å². The highest BCUT2D eigenvalue weighted by Gasteiger charge is 2.18. The van der Waals surface area contributed by atoms with E-state index in [1.165, 1.54) is 14.2 Å². The monoisotopic (exact) mass is 349 g/mol. The molecule has 0 spiro atoms. The van der Waals surface area contributed by atoms with Gasteiger partial charge >= 0.3 is 0 Å². The third-order valence-corrected chi connectivity index (χ3v) is 4.09. The van der Waals surface area contributed by atoms with E-state index in [1.807, 2.05) is 13.0 Å². The van der Waals surface area contributed by atoms with Crippen molar-refractivity contribution in [2.24, 2.45) is 0 Å². The van der Waals surface area contributed by atoms with Crippen molar-refractivity contribution in [1.82, 2.24) is 0 Å². The van der Waals surface area contributed by atoms with E-state index in [1.54, 1.807) is 31.4 Å². The van der Waals surface area contributed by atoms with E-state index < -0.39 is 0 Å². The zero-order valence-corrected chi connectivity index (χ0v) is 14.9. The van der Waals surface area contributed by atoms with Crippen molar-refractivity contribution >= 4 is 23.2 Å². The van der Waals surface area contributed by atoms with Crippen molar-refractivity contribution in [2.75, 3.05) is 26.6 Å². The highest BCUT2D eigenvalue weighted by molar-refractivity contribution is 6.31. The summed E-state index contributed by atoms with van der Waals surface area (Å²) in [5, 5.41) is 3.47. The summed E-state index contributed by atoms with van der Waals surface area (Å²) in [5.74, 6) is 1.31. The van der Waals surface area contributed by atoms with E-state index in [-0.39, 0.29) is 12.3 Å². The van der Waals surface area contributed by atoms with Gasteiger partial charge in [-0.05, 0) is 30.7 Å².